The monoisotopic (exact) mass is 367 g/mol. The number of carbonyl (C=O) groups excluding carboxylic acids is 1. The first-order chi connectivity index (χ1) is 13.0. The van der Waals surface area contributed by atoms with Gasteiger partial charge in [0.1, 0.15) is 12.4 Å². The van der Waals surface area contributed by atoms with Gasteiger partial charge in [-0.05, 0) is 62.4 Å². The number of carbonyl (C=O) groups is 1. The number of hydrogen-bond donors (Lipinski definition) is 1. The van der Waals surface area contributed by atoms with Crippen LogP contribution in [-0.2, 0) is 14.9 Å². The number of benzene rings is 2. The van der Waals surface area contributed by atoms with Gasteiger partial charge >= 0.3 is 0 Å². The summed E-state index contributed by atoms with van der Waals surface area (Å²) >= 11 is 0. The molecule has 144 valence electrons. The fourth-order valence-corrected chi connectivity index (χ4v) is 3.55. The van der Waals surface area contributed by atoms with E-state index >= 15 is 0 Å². The highest BCUT2D eigenvalue weighted by Crippen LogP contribution is 2.35. The molecule has 1 saturated heterocycles. The van der Waals surface area contributed by atoms with Crippen molar-refractivity contribution in [2.45, 2.75) is 45.1 Å². The molecule has 0 aliphatic carbocycles. The molecular formula is C23H29NO3. The van der Waals surface area contributed by atoms with Crippen molar-refractivity contribution in [3.63, 3.8) is 0 Å². The Morgan fingerprint density at radius 3 is 2.48 bits per heavy atom. The third-order valence-electron chi connectivity index (χ3n) is 5.46. The van der Waals surface area contributed by atoms with Crippen molar-refractivity contribution in [1.82, 2.24) is 5.32 Å². The first kappa shape index (κ1) is 19.4. The van der Waals surface area contributed by atoms with Crippen molar-refractivity contribution >= 4 is 5.91 Å². The molecular weight excluding hydrogens is 338 g/mol. The third kappa shape index (κ3) is 4.51. The predicted molar refractivity (Wildman–Crippen MR) is 107 cm³/mol. The van der Waals surface area contributed by atoms with Gasteiger partial charge in [0.25, 0.3) is 0 Å². The second kappa shape index (κ2) is 8.57. The van der Waals surface area contributed by atoms with Gasteiger partial charge < -0.3 is 14.8 Å². The summed E-state index contributed by atoms with van der Waals surface area (Å²) in [7, 11) is 0. The highest BCUT2D eigenvalue weighted by Gasteiger charge is 2.41. The Labute approximate surface area is 161 Å². The summed E-state index contributed by atoms with van der Waals surface area (Å²) in [6.45, 7) is 7.79. The van der Waals surface area contributed by atoms with Crippen LogP contribution in [0, 0.1) is 13.8 Å². The minimum absolute atomic E-state index is 0.0631. The first-order valence-electron chi connectivity index (χ1n) is 9.65. The molecule has 4 nitrogen and oxygen atoms in total. The molecule has 0 radical (unpaired) electrons. The van der Waals surface area contributed by atoms with Gasteiger partial charge in [-0.2, -0.15) is 0 Å². The quantitative estimate of drug-likeness (QED) is 0.841. The normalized spacial score (nSPS) is 17.1. The van der Waals surface area contributed by atoms with E-state index in [9.17, 15) is 4.79 Å². The molecule has 4 heteroatoms. The zero-order valence-corrected chi connectivity index (χ0v) is 16.5. The van der Waals surface area contributed by atoms with Gasteiger partial charge in [-0.1, -0.05) is 36.4 Å². The highest BCUT2D eigenvalue weighted by molar-refractivity contribution is 5.88. The van der Waals surface area contributed by atoms with Crippen molar-refractivity contribution < 1.29 is 14.3 Å². The average molecular weight is 367 g/mol. The van der Waals surface area contributed by atoms with E-state index in [1.165, 1.54) is 11.1 Å². The third-order valence-corrected chi connectivity index (χ3v) is 5.46. The van der Waals surface area contributed by atoms with Crippen LogP contribution >= 0.6 is 0 Å². The van der Waals surface area contributed by atoms with E-state index in [-0.39, 0.29) is 11.9 Å². The van der Waals surface area contributed by atoms with Crippen LogP contribution < -0.4 is 10.1 Å². The summed E-state index contributed by atoms with van der Waals surface area (Å²) in [6.07, 6.45) is 1.40. The van der Waals surface area contributed by atoms with E-state index < -0.39 is 5.41 Å². The van der Waals surface area contributed by atoms with E-state index in [1.807, 2.05) is 49.4 Å². The number of rotatable bonds is 6. The summed E-state index contributed by atoms with van der Waals surface area (Å²) < 4.78 is 11.4. The van der Waals surface area contributed by atoms with Gasteiger partial charge in [0.05, 0.1) is 11.5 Å². The van der Waals surface area contributed by atoms with E-state index in [0.717, 1.165) is 11.3 Å². The van der Waals surface area contributed by atoms with Crippen LogP contribution in [0.3, 0.4) is 0 Å². The topological polar surface area (TPSA) is 47.6 Å². The minimum Gasteiger partial charge on any atom is -0.491 e. The second-order valence-electron chi connectivity index (χ2n) is 7.49. The predicted octanol–water partition coefficient (Wildman–Crippen LogP) is 3.94. The van der Waals surface area contributed by atoms with Crippen molar-refractivity contribution in [2.75, 3.05) is 19.8 Å². The molecule has 1 amide bonds. The van der Waals surface area contributed by atoms with Crippen LogP contribution in [0.5, 0.6) is 5.75 Å². The lowest BCUT2D eigenvalue weighted by Gasteiger charge is -2.37. The summed E-state index contributed by atoms with van der Waals surface area (Å²) in [6, 6.07) is 16.0. The van der Waals surface area contributed by atoms with Gasteiger partial charge in [0.15, 0.2) is 0 Å². The number of aryl methyl sites for hydroxylation is 2. The maximum atomic E-state index is 13.2. The fraction of sp³-hybridized carbons (Fsp3) is 0.435. The Morgan fingerprint density at radius 1 is 1.11 bits per heavy atom. The van der Waals surface area contributed by atoms with Gasteiger partial charge in [0, 0.05) is 13.2 Å². The van der Waals surface area contributed by atoms with Crippen LogP contribution in [0.15, 0.2) is 48.5 Å². The van der Waals surface area contributed by atoms with E-state index in [2.05, 4.69) is 25.2 Å². The lowest BCUT2D eigenvalue weighted by Crippen LogP contribution is -2.51. The molecule has 0 spiro atoms. The lowest BCUT2D eigenvalue weighted by molar-refractivity contribution is -0.131. The largest absolute Gasteiger partial charge is 0.491 e. The van der Waals surface area contributed by atoms with Gasteiger partial charge in [-0.3, -0.25) is 4.79 Å². The molecule has 1 aliphatic rings. The van der Waals surface area contributed by atoms with Gasteiger partial charge in [-0.15, -0.1) is 0 Å². The molecule has 2 aromatic carbocycles. The zero-order valence-electron chi connectivity index (χ0n) is 16.5. The molecule has 0 bridgehead atoms. The van der Waals surface area contributed by atoms with Gasteiger partial charge in [0.2, 0.25) is 5.91 Å². The second-order valence-corrected chi connectivity index (χ2v) is 7.49. The molecule has 0 saturated carbocycles. The first-order valence-corrected chi connectivity index (χ1v) is 9.65. The van der Waals surface area contributed by atoms with Gasteiger partial charge in [-0.25, -0.2) is 0 Å². The maximum Gasteiger partial charge on any atom is 0.231 e. The molecule has 1 unspecified atom stereocenters. The molecule has 0 aromatic heterocycles. The molecule has 1 N–H and O–H groups in total. The Bertz CT molecular complexity index is 766. The molecule has 2 aromatic rings. The molecule has 27 heavy (non-hydrogen) atoms. The SMILES string of the molecule is Cc1ccc(OCC(C)NC(=O)C2(c3ccccc3)CCOCC2)cc1C. The minimum atomic E-state index is -0.520. The Hall–Kier alpha value is -2.33. The smallest absolute Gasteiger partial charge is 0.231 e. The summed E-state index contributed by atoms with van der Waals surface area (Å²) in [5, 5.41) is 3.17. The van der Waals surface area contributed by atoms with Crippen molar-refractivity contribution in [1.29, 1.82) is 0 Å². The molecule has 3 rings (SSSR count). The van der Waals surface area contributed by atoms with Crippen LogP contribution in [-0.4, -0.2) is 31.8 Å². The average Bonchev–Trinajstić information content (AvgIpc) is 2.70. The molecule has 1 atom stereocenters. The molecule has 1 aliphatic heterocycles. The lowest BCUT2D eigenvalue weighted by atomic mass is 9.73. The summed E-state index contributed by atoms with van der Waals surface area (Å²) in [5.41, 5.74) is 2.99. The summed E-state index contributed by atoms with van der Waals surface area (Å²) in [4.78, 5) is 13.2. The number of ether oxygens (including phenoxy) is 2. The zero-order chi connectivity index (χ0) is 19.3. The van der Waals surface area contributed by atoms with E-state index in [1.54, 1.807) is 0 Å². The molecule has 1 heterocycles. The van der Waals surface area contributed by atoms with Crippen LogP contribution in [0.25, 0.3) is 0 Å². The van der Waals surface area contributed by atoms with Crippen LogP contribution in [0.1, 0.15) is 36.5 Å². The van der Waals surface area contributed by atoms with Crippen LogP contribution in [0.4, 0.5) is 0 Å². The summed E-state index contributed by atoms with van der Waals surface area (Å²) in [5.74, 6) is 0.899. The van der Waals surface area contributed by atoms with E-state index in [4.69, 9.17) is 9.47 Å². The standard InChI is InChI=1S/C23H29NO3/c1-17-9-10-21(15-18(17)2)27-16-19(3)24-22(25)23(11-13-26-14-12-23)20-7-5-4-6-8-20/h4-10,15,19H,11-14,16H2,1-3H3,(H,24,25). The van der Waals surface area contributed by atoms with Crippen molar-refractivity contribution in [3.05, 3.63) is 65.2 Å². The van der Waals surface area contributed by atoms with Crippen LogP contribution in [0.2, 0.25) is 0 Å². The van der Waals surface area contributed by atoms with E-state index in [0.29, 0.717) is 32.7 Å². The van der Waals surface area contributed by atoms with Crippen molar-refractivity contribution in [2.24, 2.45) is 0 Å². The Kier molecular flexibility index (Phi) is 6.17. The fourth-order valence-electron chi connectivity index (χ4n) is 3.55. The van der Waals surface area contributed by atoms with Crippen molar-refractivity contribution in [3.8, 4) is 5.75 Å². The molecule has 1 fully saturated rings. The number of amides is 1. The Morgan fingerprint density at radius 2 is 1.81 bits per heavy atom. The maximum absolute atomic E-state index is 13.2. The number of nitrogens with one attached hydrogen (secondary N) is 1. The highest BCUT2D eigenvalue weighted by atomic mass is 16.5. The Balaban J connectivity index is 1.65. The number of hydrogen-bond acceptors (Lipinski definition) is 3.